The van der Waals surface area contributed by atoms with Gasteiger partial charge in [-0.1, -0.05) is 0 Å². The largest absolute Gasteiger partial charge is 1.00 e. The average Bonchev–Trinajstić information content (AvgIpc) is 2.01. The second-order valence-corrected chi connectivity index (χ2v) is 3.71. The fourth-order valence-electron chi connectivity index (χ4n) is 0.516. The quantitative estimate of drug-likeness (QED) is 0.201. The van der Waals surface area contributed by atoms with Crippen LogP contribution in [0.4, 0.5) is 0 Å². The molecule has 6 nitrogen and oxygen atoms in total. The summed E-state index contributed by atoms with van der Waals surface area (Å²) in [5, 5.41) is 0. The first kappa shape index (κ1) is 16.9. The Morgan fingerprint density at radius 3 is 2.29 bits per heavy atom. The molecule has 0 heterocycles. The van der Waals surface area contributed by atoms with Crippen LogP contribution in [0.1, 0.15) is 1.43 Å². The van der Waals surface area contributed by atoms with Gasteiger partial charge in [0.15, 0.2) is 0 Å². The predicted molar refractivity (Wildman–Crippen MR) is 45.2 cm³/mol. The van der Waals surface area contributed by atoms with Gasteiger partial charge in [-0.15, -0.1) is 0 Å². The van der Waals surface area contributed by atoms with E-state index in [4.69, 9.17) is 14.0 Å². The third-order valence-corrected chi connectivity index (χ3v) is 1.73. The Morgan fingerprint density at radius 1 is 1.21 bits per heavy atom. The van der Waals surface area contributed by atoms with Crippen LogP contribution in [0.5, 0.6) is 0 Å². The topological polar surface area (TPSA) is 89.9 Å². The Morgan fingerprint density at radius 2 is 1.79 bits per heavy atom. The summed E-state index contributed by atoms with van der Waals surface area (Å²) in [6.07, 6.45) is 0.609. The number of ether oxygens (including phenoxy) is 2. The zero-order valence-electron chi connectivity index (χ0n) is 9.01. The minimum atomic E-state index is -3.94. The number of hydrogen-bond acceptors (Lipinski definition) is 5. The summed E-state index contributed by atoms with van der Waals surface area (Å²) in [7, 11) is -3.94. The first-order valence-corrected chi connectivity index (χ1v) is 5.21. The van der Waals surface area contributed by atoms with Crippen LogP contribution in [0.2, 0.25) is 0 Å². The molecule has 0 bridgehead atoms. The third-order valence-electron chi connectivity index (χ3n) is 1.04. The van der Waals surface area contributed by atoms with Crippen LogP contribution in [-0.2, 0) is 24.4 Å². The second kappa shape index (κ2) is 10.0. The van der Waals surface area contributed by atoms with E-state index in [1.807, 2.05) is 0 Å². The monoisotopic (exact) mass is 236 g/mol. The van der Waals surface area contributed by atoms with Crippen LogP contribution in [-0.4, -0.2) is 51.4 Å². The van der Waals surface area contributed by atoms with Crippen molar-refractivity contribution in [2.75, 3.05) is 32.2 Å². The van der Waals surface area contributed by atoms with Gasteiger partial charge in [-0.2, -0.15) is 8.42 Å². The van der Waals surface area contributed by atoms with Gasteiger partial charge in [0.1, 0.15) is 12.9 Å². The fourth-order valence-corrected chi connectivity index (χ4v) is 0.844. The van der Waals surface area contributed by atoms with Crippen molar-refractivity contribution in [1.29, 1.82) is 0 Å². The summed E-state index contributed by atoms with van der Waals surface area (Å²) in [6, 6.07) is 0. The van der Waals surface area contributed by atoms with E-state index in [9.17, 15) is 13.2 Å². The molecule has 0 saturated heterocycles. The predicted octanol–water partition coefficient (Wildman–Crippen LogP) is -3.78. The molecular formula is C6H13NaO6S. The minimum Gasteiger partial charge on any atom is -1.00 e. The zero-order chi connectivity index (χ0) is 10.2. The number of carbonyl (C=O) groups excluding carboxylic acids is 1. The maximum atomic E-state index is 10.2. The van der Waals surface area contributed by atoms with Crippen molar-refractivity contribution in [1.82, 2.24) is 0 Å². The molecule has 8 heteroatoms. The van der Waals surface area contributed by atoms with Crippen molar-refractivity contribution in [3.63, 3.8) is 0 Å². The molecular weight excluding hydrogens is 223 g/mol. The third kappa shape index (κ3) is 15.0. The molecule has 0 aromatic carbocycles. The number of aldehydes is 1. The van der Waals surface area contributed by atoms with E-state index in [1.165, 1.54) is 0 Å². The first-order chi connectivity index (χ1) is 6.06. The number of hydrogen-bond donors (Lipinski definition) is 1. The van der Waals surface area contributed by atoms with Crippen molar-refractivity contribution >= 4 is 16.4 Å². The standard InChI is InChI=1S/C6H12O6S.Na.H/c7-1-2-11-3-4-12-5-6-13(8,9)10;;/h1H,2-6H2,(H,8,9,10);;/q;+1;-1. The van der Waals surface area contributed by atoms with E-state index in [0.29, 0.717) is 6.29 Å². The van der Waals surface area contributed by atoms with Gasteiger partial charge in [0.05, 0.1) is 25.6 Å². The van der Waals surface area contributed by atoms with Crippen molar-refractivity contribution in [2.24, 2.45) is 0 Å². The first-order valence-electron chi connectivity index (χ1n) is 3.60. The van der Waals surface area contributed by atoms with Crippen LogP contribution in [0, 0.1) is 0 Å². The molecule has 0 saturated carbocycles. The summed E-state index contributed by atoms with van der Waals surface area (Å²) in [5.41, 5.74) is 0. The van der Waals surface area contributed by atoms with Gasteiger partial charge in [0.2, 0.25) is 0 Å². The maximum Gasteiger partial charge on any atom is 1.00 e. The Balaban J connectivity index is -0.000000720. The van der Waals surface area contributed by atoms with E-state index < -0.39 is 15.9 Å². The fraction of sp³-hybridized carbons (Fsp3) is 0.833. The normalized spacial score (nSPS) is 10.6. The molecule has 80 valence electrons. The molecule has 0 aliphatic rings. The van der Waals surface area contributed by atoms with Gasteiger partial charge in [-0.05, 0) is 0 Å². The summed E-state index contributed by atoms with van der Waals surface area (Å²) in [4.78, 5) is 9.75. The molecule has 0 aliphatic heterocycles. The van der Waals surface area contributed by atoms with Crippen molar-refractivity contribution < 1.29 is 58.2 Å². The van der Waals surface area contributed by atoms with Crippen LogP contribution in [0.25, 0.3) is 0 Å². The SMILES string of the molecule is O=CCOCCOCCS(=O)(=O)O.[H-].[Na+]. The van der Waals surface area contributed by atoms with Gasteiger partial charge in [0.25, 0.3) is 10.1 Å². The second-order valence-electron chi connectivity index (χ2n) is 2.14. The van der Waals surface area contributed by atoms with Gasteiger partial charge < -0.3 is 15.7 Å². The Bertz CT molecular complexity index is 232. The van der Waals surface area contributed by atoms with E-state index in [2.05, 4.69) is 0 Å². The van der Waals surface area contributed by atoms with Crippen LogP contribution in [0.15, 0.2) is 0 Å². The summed E-state index contributed by atoms with van der Waals surface area (Å²) < 4.78 is 38.1. The van der Waals surface area contributed by atoms with Gasteiger partial charge in [-0.3, -0.25) is 4.55 Å². The minimum absolute atomic E-state index is 0. The zero-order valence-corrected chi connectivity index (χ0v) is 10.8. The molecule has 0 rings (SSSR count). The van der Waals surface area contributed by atoms with Crippen LogP contribution in [0.3, 0.4) is 0 Å². The summed E-state index contributed by atoms with van der Waals surface area (Å²) in [5.74, 6) is -0.430. The van der Waals surface area contributed by atoms with Crippen molar-refractivity contribution in [3.8, 4) is 0 Å². The van der Waals surface area contributed by atoms with Gasteiger partial charge in [-0.25, -0.2) is 0 Å². The Hall–Kier alpha value is 0.500. The molecule has 0 aromatic rings. The molecule has 0 atom stereocenters. The average molecular weight is 236 g/mol. The molecule has 0 aliphatic carbocycles. The molecule has 0 amide bonds. The summed E-state index contributed by atoms with van der Waals surface area (Å²) in [6.45, 7) is 0.346. The Labute approximate surface area is 106 Å². The molecule has 0 spiro atoms. The van der Waals surface area contributed by atoms with Gasteiger partial charge >= 0.3 is 29.6 Å². The molecule has 0 fully saturated rings. The van der Waals surface area contributed by atoms with Crippen LogP contribution < -0.4 is 29.6 Å². The van der Waals surface area contributed by atoms with E-state index in [-0.39, 0.29) is 57.4 Å². The Kier molecular flexibility index (Phi) is 12.1. The van der Waals surface area contributed by atoms with E-state index in [1.54, 1.807) is 0 Å². The molecule has 0 radical (unpaired) electrons. The number of rotatable bonds is 8. The van der Waals surface area contributed by atoms with E-state index >= 15 is 0 Å². The van der Waals surface area contributed by atoms with E-state index in [0.717, 1.165) is 0 Å². The van der Waals surface area contributed by atoms with Crippen molar-refractivity contribution in [3.05, 3.63) is 0 Å². The maximum absolute atomic E-state index is 10.2. The van der Waals surface area contributed by atoms with Crippen molar-refractivity contribution in [2.45, 2.75) is 0 Å². The molecule has 0 aromatic heterocycles. The smallest absolute Gasteiger partial charge is 1.00 e. The number of carbonyl (C=O) groups is 1. The van der Waals surface area contributed by atoms with Crippen LogP contribution >= 0.6 is 0 Å². The van der Waals surface area contributed by atoms with Gasteiger partial charge in [0, 0.05) is 0 Å². The molecule has 14 heavy (non-hydrogen) atoms. The molecule has 0 unspecified atom stereocenters. The molecule has 1 N–H and O–H groups in total. The summed E-state index contributed by atoms with van der Waals surface area (Å²) >= 11 is 0.